The molecule has 0 unspecified atom stereocenters. The van der Waals surface area contributed by atoms with Crippen LogP contribution < -0.4 is 10.6 Å². The van der Waals surface area contributed by atoms with Crippen LogP contribution in [-0.4, -0.2) is 61.9 Å². The van der Waals surface area contributed by atoms with Gasteiger partial charge >= 0.3 is 5.97 Å². The van der Waals surface area contributed by atoms with E-state index in [1.807, 2.05) is 36.4 Å². The Morgan fingerprint density at radius 1 is 1.00 bits per heavy atom. The molecule has 0 bridgehead atoms. The molecule has 0 spiro atoms. The molecule has 8 heteroatoms. The maximum absolute atomic E-state index is 13.5. The summed E-state index contributed by atoms with van der Waals surface area (Å²) >= 11 is 0. The number of allylic oxidation sites excluding steroid dienone is 2. The highest BCUT2D eigenvalue weighted by atomic mass is 16.5. The average Bonchev–Trinajstić information content (AvgIpc) is 2.96. The SMILES string of the molecule is O=C(C[C@H]1CC=CCCC[C@H](Cc2ccccc2)C(=O)OC[C@H](CC2CCCCC2)NC1=O)NCCOCCO. The number of aliphatic hydroxyl groups excluding tert-OH is 1. The van der Waals surface area contributed by atoms with Gasteiger partial charge in [0.05, 0.1) is 37.7 Å². The summed E-state index contributed by atoms with van der Waals surface area (Å²) in [6.07, 6.45) is 14.3. The van der Waals surface area contributed by atoms with E-state index in [4.69, 9.17) is 14.6 Å². The third-order valence-electron chi connectivity index (χ3n) is 7.89. The Bertz CT molecular complexity index is 915. The first-order valence-corrected chi connectivity index (χ1v) is 15.2. The van der Waals surface area contributed by atoms with Crippen LogP contribution in [0.1, 0.15) is 76.2 Å². The molecule has 1 heterocycles. The first-order chi connectivity index (χ1) is 19.5. The lowest BCUT2D eigenvalue weighted by atomic mass is 9.84. The number of rotatable bonds is 11. The number of amides is 2. The van der Waals surface area contributed by atoms with E-state index < -0.39 is 5.92 Å². The maximum atomic E-state index is 13.5. The molecule has 1 fully saturated rings. The number of carbonyl (C=O) groups is 3. The van der Waals surface area contributed by atoms with Crippen LogP contribution in [0.25, 0.3) is 0 Å². The van der Waals surface area contributed by atoms with Crippen molar-refractivity contribution >= 4 is 17.8 Å². The molecular formula is C32H48N2O6. The van der Waals surface area contributed by atoms with Crippen molar-refractivity contribution in [1.29, 1.82) is 0 Å². The number of benzene rings is 1. The van der Waals surface area contributed by atoms with E-state index in [0.29, 0.717) is 31.9 Å². The molecule has 40 heavy (non-hydrogen) atoms. The Labute approximate surface area is 239 Å². The summed E-state index contributed by atoms with van der Waals surface area (Å²) in [5.41, 5.74) is 1.12. The molecule has 3 rings (SSSR count). The van der Waals surface area contributed by atoms with Crippen LogP contribution in [0.2, 0.25) is 0 Å². The second-order valence-electron chi connectivity index (χ2n) is 11.2. The van der Waals surface area contributed by atoms with E-state index in [1.54, 1.807) is 0 Å². The average molecular weight is 557 g/mol. The molecule has 2 amide bonds. The van der Waals surface area contributed by atoms with Crippen molar-refractivity contribution in [2.75, 3.05) is 33.0 Å². The van der Waals surface area contributed by atoms with Crippen molar-refractivity contribution in [3.05, 3.63) is 48.0 Å². The number of nitrogens with one attached hydrogen (secondary N) is 2. The third kappa shape index (κ3) is 12.2. The Balaban J connectivity index is 1.67. The fraction of sp³-hybridized carbons (Fsp3) is 0.656. The standard InChI is InChI=1S/C32H48N2O6/c35-18-20-39-19-17-33-30(36)23-27-15-9-1-2-10-16-28(21-25-11-5-3-6-12-25)32(38)40-24-29(34-31(27)37)22-26-13-7-4-8-14-26/h1,3,5-6,9,11-12,26-29,35H,2,4,7-8,10,13-24H2,(H,33,36)(H,34,37)/t27-,28-,29+/m1/s1. The Hall–Kier alpha value is -2.71. The number of esters is 1. The minimum absolute atomic E-state index is 0.0620. The number of hydrogen-bond donors (Lipinski definition) is 3. The van der Waals surface area contributed by atoms with Crippen LogP contribution in [-0.2, 0) is 30.3 Å². The summed E-state index contributed by atoms with van der Waals surface area (Å²) in [5.74, 6) is -0.813. The van der Waals surface area contributed by atoms with Gasteiger partial charge in [-0.2, -0.15) is 0 Å². The highest BCUT2D eigenvalue weighted by Gasteiger charge is 2.28. The van der Waals surface area contributed by atoms with Crippen LogP contribution in [0.4, 0.5) is 0 Å². The van der Waals surface area contributed by atoms with Gasteiger partial charge in [0, 0.05) is 13.0 Å². The summed E-state index contributed by atoms with van der Waals surface area (Å²) in [4.78, 5) is 39.3. The van der Waals surface area contributed by atoms with Gasteiger partial charge in [0.25, 0.3) is 0 Å². The summed E-state index contributed by atoms with van der Waals surface area (Å²) in [6, 6.07) is 9.77. The normalized spacial score (nSPS) is 23.6. The summed E-state index contributed by atoms with van der Waals surface area (Å²) < 4.78 is 11.1. The van der Waals surface area contributed by atoms with Crippen molar-refractivity contribution in [1.82, 2.24) is 10.6 Å². The Morgan fingerprint density at radius 2 is 1.80 bits per heavy atom. The Kier molecular flexibility index (Phi) is 14.8. The number of ether oxygens (including phenoxy) is 2. The molecule has 0 saturated heterocycles. The van der Waals surface area contributed by atoms with Gasteiger partial charge in [-0.05, 0) is 50.0 Å². The summed E-state index contributed by atoms with van der Waals surface area (Å²) in [7, 11) is 0. The number of carbonyl (C=O) groups excluding carboxylic acids is 3. The van der Waals surface area contributed by atoms with Gasteiger partial charge in [0.1, 0.15) is 6.61 Å². The van der Waals surface area contributed by atoms with Gasteiger partial charge in [-0.25, -0.2) is 0 Å². The van der Waals surface area contributed by atoms with Crippen LogP contribution >= 0.6 is 0 Å². The zero-order valence-electron chi connectivity index (χ0n) is 23.9. The molecule has 0 aromatic heterocycles. The van der Waals surface area contributed by atoms with Gasteiger partial charge in [0.2, 0.25) is 11.8 Å². The quantitative estimate of drug-likeness (QED) is 0.215. The molecule has 1 aliphatic heterocycles. The number of hydrogen-bond acceptors (Lipinski definition) is 6. The second kappa shape index (κ2) is 18.6. The maximum Gasteiger partial charge on any atom is 0.309 e. The van der Waals surface area contributed by atoms with Gasteiger partial charge in [-0.15, -0.1) is 0 Å². The minimum Gasteiger partial charge on any atom is -0.463 e. The fourth-order valence-corrected chi connectivity index (χ4v) is 5.68. The molecule has 3 atom stereocenters. The van der Waals surface area contributed by atoms with Crippen LogP contribution in [0, 0.1) is 17.8 Å². The second-order valence-corrected chi connectivity index (χ2v) is 11.2. The smallest absolute Gasteiger partial charge is 0.309 e. The molecule has 3 N–H and O–H groups in total. The van der Waals surface area contributed by atoms with E-state index in [-0.39, 0.29) is 56.0 Å². The van der Waals surface area contributed by atoms with Gasteiger partial charge < -0.3 is 25.2 Å². The van der Waals surface area contributed by atoms with Crippen LogP contribution in [0.5, 0.6) is 0 Å². The van der Waals surface area contributed by atoms with E-state index in [2.05, 4.69) is 16.7 Å². The van der Waals surface area contributed by atoms with E-state index in [0.717, 1.165) is 44.1 Å². The van der Waals surface area contributed by atoms with E-state index >= 15 is 0 Å². The largest absolute Gasteiger partial charge is 0.463 e. The van der Waals surface area contributed by atoms with E-state index in [9.17, 15) is 14.4 Å². The molecule has 1 aromatic carbocycles. The van der Waals surface area contributed by atoms with Crippen molar-refractivity contribution in [3.8, 4) is 0 Å². The predicted octanol–water partition coefficient (Wildman–Crippen LogP) is 4.11. The monoisotopic (exact) mass is 556 g/mol. The van der Waals surface area contributed by atoms with E-state index in [1.165, 1.54) is 19.3 Å². The molecule has 2 aliphatic rings. The lowest BCUT2D eigenvalue weighted by Gasteiger charge is -2.29. The van der Waals surface area contributed by atoms with Crippen molar-refractivity contribution < 1.29 is 29.0 Å². The predicted molar refractivity (Wildman–Crippen MR) is 154 cm³/mol. The molecule has 0 radical (unpaired) electrons. The van der Waals surface area contributed by atoms with Gasteiger partial charge in [-0.1, -0.05) is 74.6 Å². The molecule has 1 saturated carbocycles. The molecule has 222 valence electrons. The van der Waals surface area contributed by atoms with Gasteiger partial charge in [0.15, 0.2) is 0 Å². The lowest BCUT2D eigenvalue weighted by molar-refractivity contribution is -0.150. The molecule has 1 aromatic rings. The zero-order chi connectivity index (χ0) is 28.4. The fourth-order valence-electron chi connectivity index (χ4n) is 5.68. The topological polar surface area (TPSA) is 114 Å². The van der Waals surface area contributed by atoms with Gasteiger partial charge in [-0.3, -0.25) is 14.4 Å². The molecule has 8 nitrogen and oxygen atoms in total. The van der Waals surface area contributed by atoms with Crippen molar-refractivity contribution in [2.24, 2.45) is 17.8 Å². The first kappa shape index (κ1) is 31.8. The van der Waals surface area contributed by atoms with Crippen LogP contribution in [0.3, 0.4) is 0 Å². The highest BCUT2D eigenvalue weighted by Crippen LogP contribution is 2.28. The lowest BCUT2D eigenvalue weighted by Crippen LogP contribution is -2.44. The highest BCUT2D eigenvalue weighted by molar-refractivity contribution is 5.86. The number of aliphatic hydroxyl groups is 1. The molecule has 1 aliphatic carbocycles. The number of cyclic esters (lactones) is 1. The Morgan fingerprint density at radius 3 is 2.58 bits per heavy atom. The third-order valence-corrected chi connectivity index (χ3v) is 7.89. The zero-order valence-corrected chi connectivity index (χ0v) is 23.9. The summed E-state index contributed by atoms with van der Waals surface area (Å²) in [6.45, 7) is 0.957. The molecular weight excluding hydrogens is 508 g/mol. The van der Waals surface area contributed by atoms with Crippen molar-refractivity contribution in [3.63, 3.8) is 0 Å². The first-order valence-electron chi connectivity index (χ1n) is 15.2. The minimum atomic E-state index is -0.507. The van der Waals surface area contributed by atoms with Crippen LogP contribution in [0.15, 0.2) is 42.5 Å². The summed E-state index contributed by atoms with van der Waals surface area (Å²) in [5, 5.41) is 14.8. The van der Waals surface area contributed by atoms with Crippen molar-refractivity contribution in [2.45, 2.75) is 83.1 Å².